The maximum atomic E-state index is 12.5. The first-order valence-electron chi connectivity index (χ1n) is 7.82. The zero-order valence-electron chi connectivity index (χ0n) is 14.2. The summed E-state index contributed by atoms with van der Waals surface area (Å²) in [7, 11) is -4.07. The van der Waals surface area contributed by atoms with Gasteiger partial charge < -0.3 is 10.1 Å². The van der Waals surface area contributed by atoms with Crippen LogP contribution < -0.4 is 10.0 Å². The van der Waals surface area contributed by atoms with Crippen molar-refractivity contribution in [1.29, 1.82) is 0 Å². The van der Waals surface area contributed by atoms with Crippen LogP contribution in [-0.4, -0.2) is 33.7 Å². The van der Waals surface area contributed by atoms with Crippen molar-refractivity contribution in [2.75, 3.05) is 23.2 Å². The summed E-state index contributed by atoms with van der Waals surface area (Å²) in [5.41, 5.74) is 0.140. The minimum absolute atomic E-state index is 0.0125. The van der Waals surface area contributed by atoms with Crippen molar-refractivity contribution in [2.45, 2.75) is 18.0 Å². The van der Waals surface area contributed by atoms with E-state index in [-0.39, 0.29) is 28.4 Å². The summed E-state index contributed by atoms with van der Waals surface area (Å²) >= 11 is 0. The van der Waals surface area contributed by atoms with Crippen LogP contribution in [0.4, 0.5) is 24.5 Å². The lowest BCUT2D eigenvalue weighted by molar-refractivity contribution is -0.115. The number of hydrogen-bond acceptors (Lipinski definition) is 5. The average molecular weight is 402 g/mol. The molecule has 2 N–H and O–H groups in total. The number of carbonyl (C=O) groups is 1. The highest BCUT2D eigenvalue weighted by Gasteiger charge is 2.27. The molecule has 0 amide bonds. The van der Waals surface area contributed by atoms with Crippen molar-refractivity contribution in [1.82, 2.24) is 0 Å². The molecule has 0 spiro atoms. The lowest BCUT2D eigenvalue weighted by Crippen LogP contribution is -2.22. The van der Waals surface area contributed by atoms with Gasteiger partial charge in [-0.1, -0.05) is 12.1 Å². The predicted molar refractivity (Wildman–Crippen MR) is 94.2 cm³/mol. The van der Waals surface area contributed by atoms with Crippen LogP contribution in [0, 0.1) is 0 Å². The number of anilines is 2. The van der Waals surface area contributed by atoms with E-state index in [0.29, 0.717) is 0 Å². The van der Waals surface area contributed by atoms with Crippen LogP contribution in [0.2, 0.25) is 0 Å². The van der Waals surface area contributed by atoms with Crippen LogP contribution in [0.5, 0.6) is 0 Å². The molecule has 0 unspecified atom stereocenters. The van der Waals surface area contributed by atoms with Gasteiger partial charge in [0.1, 0.15) is 6.54 Å². The average Bonchev–Trinajstić information content (AvgIpc) is 2.60. The maximum absolute atomic E-state index is 12.5. The van der Waals surface area contributed by atoms with Crippen molar-refractivity contribution < 1.29 is 31.1 Å². The summed E-state index contributed by atoms with van der Waals surface area (Å²) in [6.07, 6.45) is -4.45. The molecule has 2 aromatic carbocycles. The second-order valence-electron chi connectivity index (χ2n) is 5.36. The number of alkyl halides is 3. The van der Waals surface area contributed by atoms with Crippen LogP contribution >= 0.6 is 0 Å². The van der Waals surface area contributed by atoms with E-state index in [9.17, 15) is 26.4 Å². The smallest absolute Gasteiger partial charge is 0.405 e. The number of benzene rings is 2. The van der Waals surface area contributed by atoms with Gasteiger partial charge in [0.05, 0.1) is 28.4 Å². The molecule has 0 aliphatic heterocycles. The first-order chi connectivity index (χ1) is 12.6. The lowest BCUT2D eigenvalue weighted by atomic mass is 10.2. The number of halogens is 3. The fourth-order valence-corrected chi connectivity index (χ4v) is 3.19. The van der Waals surface area contributed by atoms with Gasteiger partial charge in [-0.15, -0.1) is 0 Å². The Hall–Kier alpha value is -2.75. The summed E-state index contributed by atoms with van der Waals surface area (Å²) in [6, 6.07) is 10.6. The Balaban J connectivity index is 2.20. The van der Waals surface area contributed by atoms with Gasteiger partial charge in [0.15, 0.2) is 0 Å². The second kappa shape index (κ2) is 8.30. The Bertz CT molecular complexity index is 897. The molecule has 2 rings (SSSR count). The second-order valence-corrected chi connectivity index (χ2v) is 7.05. The fraction of sp³-hybridized carbons (Fsp3) is 0.235. The molecule has 0 radical (unpaired) electrons. The molecule has 27 heavy (non-hydrogen) atoms. The predicted octanol–water partition coefficient (Wildman–Crippen LogP) is 3.64. The summed E-state index contributed by atoms with van der Waals surface area (Å²) in [6.45, 7) is 0.521. The van der Waals surface area contributed by atoms with Gasteiger partial charge in [-0.05, 0) is 43.3 Å². The van der Waals surface area contributed by atoms with Gasteiger partial charge in [-0.3, -0.25) is 4.72 Å². The Morgan fingerprint density at radius 2 is 1.63 bits per heavy atom. The third-order valence-corrected chi connectivity index (χ3v) is 4.71. The van der Waals surface area contributed by atoms with E-state index in [1.54, 1.807) is 6.92 Å². The standard InChI is InChI=1S/C17H17F3N2O4S/c1-2-26-16(23)12-7-9-13(10-8-12)27(24,25)22-15-6-4-3-5-14(15)21-11-17(18,19)20/h3-10,21-22H,2,11H2,1H3. The van der Waals surface area contributed by atoms with Crippen molar-refractivity contribution in [2.24, 2.45) is 0 Å². The molecule has 10 heteroatoms. The van der Waals surface area contributed by atoms with Gasteiger partial charge in [0.2, 0.25) is 0 Å². The molecule has 0 fully saturated rings. The quantitative estimate of drug-likeness (QED) is 0.691. The highest BCUT2D eigenvalue weighted by Crippen LogP contribution is 2.26. The van der Waals surface area contributed by atoms with Gasteiger partial charge in [0.25, 0.3) is 10.0 Å². The SMILES string of the molecule is CCOC(=O)c1ccc(S(=O)(=O)Nc2ccccc2NCC(F)(F)F)cc1. The van der Waals surface area contributed by atoms with E-state index in [2.05, 4.69) is 10.0 Å². The van der Waals surface area contributed by atoms with Crippen LogP contribution in [0.25, 0.3) is 0 Å². The number of para-hydroxylation sites is 2. The summed E-state index contributed by atoms with van der Waals surface area (Å²) in [5.74, 6) is -0.587. The van der Waals surface area contributed by atoms with E-state index in [0.717, 1.165) is 0 Å². The van der Waals surface area contributed by atoms with Crippen LogP contribution in [0.3, 0.4) is 0 Å². The lowest BCUT2D eigenvalue weighted by Gasteiger charge is -2.15. The number of carbonyl (C=O) groups excluding carboxylic acids is 1. The molecular formula is C17H17F3N2O4S. The molecule has 6 nitrogen and oxygen atoms in total. The van der Waals surface area contributed by atoms with Gasteiger partial charge in [0, 0.05) is 0 Å². The number of sulfonamides is 1. The zero-order chi connectivity index (χ0) is 20.1. The molecule has 0 saturated heterocycles. The number of esters is 1. The Morgan fingerprint density at radius 1 is 1.04 bits per heavy atom. The largest absolute Gasteiger partial charge is 0.462 e. The molecule has 2 aromatic rings. The summed E-state index contributed by atoms with van der Waals surface area (Å²) < 4.78 is 69.2. The van der Waals surface area contributed by atoms with Gasteiger partial charge in [-0.2, -0.15) is 13.2 Å². The van der Waals surface area contributed by atoms with Gasteiger partial charge >= 0.3 is 12.1 Å². The van der Waals surface area contributed by atoms with Crippen LogP contribution in [-0.2, 0) is 14.8 Å². The molecule has 0 aliphatic carbocycles. The monoisotopic (exact) mass is 402 g/mol. The molecule has 0 saturated carbocycles. The van der Waals surface area contributed by atoms with E-state index in [4.69, 9.17) is 4.74 Å². The highest BCUT2D eigenvalue weighted by molar-refractivity contribution is 7.92. The van der Waals surface area contributed by atoms with Crippen molar-refractivity contribution in [3.63, 3.8) is 0 Å². The van der Waals surface area contributed by atoms with E-state index >= 15 is 0 Å². The first kappa shape index (κ1) is 20.6. The van der Waals surface area contributed by atoms with E-state index in [1.165, 1.54) is 48.5 Å². The minimum atomic E-state index is -4.45. The van der Waals surface area contributed by atoms with Crippen LogP contribution in [0.15, 0.2) is 53.4 Å². The molecule has 146 valence electrons. The summed E-state index contributed by atoms with van der Waals surface area (Å²) in [5, 5.41) is 2.15. The summed E-state index contributed by atoms with van der Waals surface area (Å²) in [4.78, 5) is 11.5. The van der Waals surface area contributed by atoms with Crippen LogP contribution in [0.1, 0.15) is 17.3 Å². The Labute approximate surface area is 154 Å². The molecule has 0 atom stereocenters. The number of rotatable bonds is 7. The molecular weight excluding hydrogens is 385 g/mol. The van der Waals surface area contributed by atoms with Crippen molar-refractivity contribution >= 4 is 27.4 Å². The molecule has 0 heterocycles. The topological polar surface area (TPSA) is 84.5 Å². The van der Waals surface area contributed by atoms with Crippen molar-refractivity contribution in [3.05, 3.63) is 54.1 Å². The first-order valence-corrected chi connectivity index (χ1v) is 9.30. The third-order valence-electron chi connectivity index (χ3n) is 3.33. The Morgan fingerprint density at radius 3 is 2.19 bits per heavy atom. The molecule has 0 bridgehead atoms. The Kier molecular flexibility index (Phi) is 6.32. The van der Waals surface area contributed by atoms with E-state index < -0.39 is 28.7 Å². The normalized spacial score (nSPS) is 11.7. The molecule has 0 aromatic heterocycles. The van der Waals surface area contributed by atoms with Gasteiger partial charge in [-0.25, -0.2) is 13.2 Å². The highest BCUT2D eigenvalue weighted by atomic mass is 32.2. The minimum Gasteiger partial charge on any atom is -0.462 e. The maximum Gasteiger partial charge on any atom is 0.405 e. The zero-order valence-corrected chi connectivity index (χ0v) is 15.0. The molecule has 0 aliphatic rings. The van der Waals surface area contributed by atoms with Crippen molar-refractivity contribution in [3.8, 4) is 0 Å². The number of ether oxygens (including phenoxy) is 1. The number of nitrogens with one attached hydrogen (secondary N) is 2. The number of hydrogen-bond donors (Lipinski definition) is 2. The third kappa shape index (κ3) is 5.88. The van der Waals surface area contributed by atoms with E-state index in [1.807, 2.05) is 0 Å². The fourth-order valence-electron chi connectivity index (χ4n) is 2.11.